The molecule has 0 amide bonds. The molecule has 1 atom stereocenters. The first-order chi connectivity index (χ1) is 9.49. The molecule has 0 saturated carbocycles. The molecule has 0 spiro atoms. The van der Waals surface area contributed by atoms with Gasteiger partial charge in [-0.05, 0) is 24.5 Å². The number of nitrogens with one attached hydrogen (secondary N) is 1. The van der Waals surface area contributed by atoms with E-state index in [1.165, 1.54) is 0 Å². The van der Waals surface area contributed by atoms with E-state index in [-0.39, 0.29) is 17.1 Å². The second-order valence-electron chi connectivity index (χ2n) is 4.91. The molecule has 3 N–H and O–H groups in total. The van der Waals surface area contributed by atoms with E-state index in [1.54, 1.807) is 0 Å². The van der Waals surface area contributed by atoms with E-state index in [9.17, 15) is 8.78 Å². The van der Waals surface area contributed by atoms with Crippen LogP contribution in [-0.2, 0) is 0 Å². The smallest absolute Gasteiger partial charge is 0.190 e. The molecular formula is C15H22F2N2O. The minimum absolute atomic E-state index is 0.0189. The number of ether oxygens (including phenoxy) is 1. The SMILES string of the molecule is CCCCC(CC)COc1c(F)cc(C(=N)N)cc1F. The maximum Gasteiger partial charge on any atom is 0.190 e. The highest BCUT2D eigenvalue weighted by Gasteiger charge is 2.16. The van der Waals surface area contributed by atoms with Crippen LogP contribution in [0.25, 0.3) is 0 Å². The number of unbranched alkanes of at least 4 members (excludes halogenated alkanes) is 1. The van der Waals surface area contributed by atoms with E-state index in [4.69, 9.17) is 15.9 Å². The van der Waals surface area contributed by atoms with Crippen molar-refractivity contribution in [3.63, 3.8) is 0 Å². The summed E-state index contributed by atoms with van der Waals surface area (Å²) in [4.78, 5) is 0. The minimum atomic E-state index is -0.819. The van der Waals surface area contributed by atoms with E-state index in [0.29, 0.717) is 12.5 Å². The van der Waals surface area contributed by atoms with Crippen molar-refractivity contribution in [2.75, 3.05) is 6.61 Å². The van der Waals surface area contributed by atoms with Crippen molar-refractivity contribution >= 4 is 5.84 Å². The minimum Gasteiger partial charge on any atom is -0.487 e. The van der Waals surface area contributed by atoms with Crippen LogP contribution in [0.3, 0.4) is 0 Å². The van der Waals surface area contributed by atoms with Gasteiger partial charge in [0.05, 0.1) is 6.61 Å². The van der Waals surface area contributed by atoms with Crippen LogP contribution < -0.4 is 10.5 Å². The topological polar surface area (TPSA) is 59.1 Å². The quantitative estimate of drug-likeness (QED) is 0.563. The van der Waals surface area contributed by atoms with Gasteiger partial charge in [0.15, 0.2) is 17.4 Å². The molecule has 112 valence electrons. The summed E-state index contributed by atoms with van der Waals surface area (Å²) in [6.45, 7) is 4.44. The van der Waals surface area contributed by atoms with Crippen molar-refractivity contribution in [1.82, 2.24) is 0 Å². The Labute approximate surface area is 118 Å². The summed E-state index contributed by atoms with van der Waals surface area (Å²) in [6.07, 6.45) is 4.07. The molecule has 3 nitrogen and oxygen atoms in total. The first kappa shape index (κ1) is 16.4. The predicted molar refractivity (Wildman–Crippen MR) is 76.2 cm³/mol. The Bertz CT molecular complexity index is 440. The number of nitrogens with two attached hydrogens (primary N) is 1. The summed E-state index contributed by atoms with van der Waals surface area (Å²) in [6, 6.07) is 2.04. The second-order valence-corrected chi connectivity index (χ2v) is 4.91. The van der Waals surface area contributed by atoms with Crippen LogP contribution in [0.5, 0.6) is 5.75 Å². The van der Waals surface area contributed by atoms with Gasteiger partial charge in [0, 0.05) is 5.56 Å². The van der Waals surface area contributed by atoms with Crippen LogP contribution in [0.1, 0.15) is 45.1 Å². The molecule has 0 radical (unpaired) electrons. The summed E-state index contributed by atoms with van der Waals surface area (Å²) in [5.41, 5.74) is 5.23. The Kier molecular flexibility index (Phi) is 6.42. The van der Waals surface area contributed by atoms with E-state index in [0.717, 1.165) is 37.8 Å². The third-order valence-corrected chi connectivity index (χ3v) is 3.32. The highest BCUT2D eigenvalue weighted by molar-refractivity contribution is 5.95. The molecule has 1 aromatic carbocycles. The van der Waals surface area contributed by atoms with Gasteiger partial charge in [-0.1, -0.05) is 33.1 Å². The van der Waals surface area contributed by atoms with Crippen molar-refractivity contribution in [3.8, 4) is 5.75 Å². The molecule has 0 saturated heterocycles. The van der Waals surface area contributed by atoms with E-state index in [2.05, 4.69) is 6.92 Å². The molecule has 0 fully saturated rings. The van der Waals surface area contributed by atoms with E-state index in [1.807, 2.05) is 6.92 Å². The number of nitrogen functional groups attached to an aromatic ring is 1. The standard InChI is InChI=1S/C15H22F2N2O/c1-3-5-6-10(4-2)9-20-14-12(16)7-11(15(18)19)8-13(14)17/h7-8,10H,3-6,9H2,1-2H3,(H3,18,19). The fourth-order valence-corrected chi connectivity index (χ4v) is 1.95. The molecule has 5 heteroatoms. The fourth-order valence-electron chi connectivity index (χ4n) is 1.95. The van der Waals surface area contributed by atoms with Crippen molar-refractivity contribution in [2.24, 2.45) is 11.7 Å². The van der Waals surface area contributed by atoms with Crippen LogP contribution >= 0.6 is 0 Å². The van der Waals surface area contributed by atoms with Crippen LogP contribution in [0.15, 0.2) is 12.1 Å². The molecule has 20 heavy (non-hydrogen) atoms. The highest BCUT2D eigenvalue weighted by Crippen LogP contribution is 2.25. The lowest BCUT2D eigenvalue weighted by Gasteiger charge is -2.16. The summed E-state index contributed by atoms with van der Waals surface area (Å²) in [5.74, 6) is -2.10. The summed E-state index contributed by atoms with van der Waals surface area (Å²) in [5, 5.41) is 7.18. The molecule has 0 heterocycles. The Morgan fingerprint density at radius 1 is 1.30 bits per heavy atom. The maximum atomic E-state index is 13.8. The van der Waals surface area contributed by atoms with Crippen molar-refractivity contribution in [1.29, 1.82) is 5.41 Å². The molecule has 0 aliphatic rings. The van der Waals surface area contributed by atoms with Gasteiger partial charge in [-0.15, -0.1) is 0 Å². The van der Waals surface area contributed by atoms with Gasteiger partial charge in [0.25, 0.3) is 0 Å². The van der Waals surface area contributed by atoms with Crippen LogP contribution in [-0.4, -0.2) is 12.4 Å². The zero-order valence-corrected chi connectivity index (χ0v) is 12.0. The molecule has 0 aliphatic carbocycles. The molecule has 0 aliphatic heterocycles. The number of rotatable bonds is 8. The Morgan fingerprint density at radius 3 is 2.35 bits per heavy atom. The summed E-state index contributed by atoms with van der Waals surface area (Å²) in [7, 11) is 0. The van der Waals surface area contributed by atoms with E-state index < -0.39 is 11.6 Å². The van der Waals surface area contributed by atoms with Gasteiger partial charge >= 0.3 is 0 Å². The van der Waals surface area contributed by atoms with Crippen LogP contribution in [0.2, 0.25) is 0 Å². The van der Waals surface area contributed by atoms with Gasteiger partial charge in [-0.3, -0.25) is 5.41 Å². The zero-order chi connectivity index (χ0) is 15.1. The lowest BCUT2D eigenvalue weighted by molar-refractivity contribution is 0.216. The van der Waals surface area contributed by atoms with Gasteiger partial charge in [-0.2, -0.15) is 0 Å². The fraction of sp³-hybridized carbons (Fsp3) is 0.533. The molecular weight excluding hydrogens is 262 g/mol. The lowest BCUT2D eigenvalue weighted by Crippen LogP contribution is -2.15. The molecule has 0 bridgehead atoms. The lowest BCUT2D eigenvalue weighted by atomic mass is 10.0. The third kappa shape index (κ3) is 4.47. The van der Waals surface area contributed by atoms with Crippen LogP contribution in [0, 0.1) is 23.0 Å². The van der Waals surface area contributed by atoms with Crippen molar-refractivity contribution in [3.05, 3.63) is 29.3 Å². The third-order valence-electron chi connectivity index (χ3n) is 3.32. The second kappa shape index (κ2) is 7.82. The van der Waals surface area contributed by atoms with Crippen molar-refractivity contribution in [2.45, 2.75) is 39.5 Å². The maximum absolute atomic E-state index is 13.8. The van der Waals surface area contributed by atoms with Crippen molar-refractivity contribution < 1.29 is 13.5 Å². The van der Waals surface area contributed by atoms with E-state index >= 15 is 0 Å². The molecule has 0 aromatic heterocycles. The molecule has 1 unspecified atom stereocenters. The predicted octanol–water partition coefficient (Wildman–Crippen LogP) is 3.84. The summed E-state index contributed by atoms with van der Waals surface area (Å²) >= 11 is 0. The van der Waals surface area contributed by atoms with Gasteiger partial charge in [0.2, 0.25) is 0 Å². The number of hydrogen-bond donors (Lipinski definition) is 2. The van der Waals surface area contributed by atoms with Gasteiger partial charge in [0.1, 0.15) is 5.84 Å². The Hall–Kier alpha value is -1.65. The number of halogens is 2. The van der Waals surface area contributed by atoms with Gasteiger partial charge < -0.3 is 10.5 Å². The number of benzene rings is 1. The number of amidine groups is 1. The molecule has 1 rings (SSSR count). The van der Waals surface area contributed by atoms with Gasteiger partial charge in [-0.25, -0.2) is 8.78 Å². The largest absolute Gasteiger partial charge is 0.487 e. The first-order valence-electron chi connectivity index (χ1n) is 6.95. The Morgan fingerprint density at radius 2 is 1.90 bits per heavy atom. The first-order valence-corrected chi connectivity index (χ1v) is 6.95. The number of hydrogen-bond acceptors (Lipinski definition) is 2. The average Bonchev–Trinajstić information content (AvgIpc) is 2.40. The van der Waals surface area contributed by atoms with Crippen LogP contribution in [0.4, 0.5) is 8.78 Å². The zero-order valence-electron chi connectivity index (χ0n) is 12.0. The molecule has 1 aromatic rings. The summed E-state index contributed by atoms with van der Waals surface area (Å²) < 4.78 is 32.8. The normalized spacial score (nSPS) is 12.2. The highest BCUT2D eigenvalue weighted by atomic mass is 19.1. The monoisotopic (exact) mass is 284 g/mol. The average molecular weight is 284 g/mol. The Balaban J connectivity index is 2.75.